The third-order valence-corrected chi connectivity index (χ3v) is 2.85. The Morgan fingerprint density at radius 3 is 1.43 bits per heavy atom. The Labute approximate surface area is 134 Å². The second-order valence-corrected chi connectivity index (χ2v) is 4.69. The van der Waals surface area contributed by atoms with E-state index < -0.39 is 0 Å². The normalized spacial score (nSPS) is 10.1. The summed E-state index contributed by atoms with van der Waals surface area (Å²) < 4.78 is 15.5. The van der Waals surface area contributed by atoms with E-state index in [4.69, 9.17) is 14.2 Å². The zero-order valence-corrected chi connectivity index (χ0v) is 12.6. The van der Waals surface area contributed by atoms with Gasteiger partial charge < -0.3 is 14.2 Å². The first kappa shape index (κ1) is 16.7. The average Bonchev–Trinajstić information content (AvgIpc) is 2.56. The Balaban J connectivity index is 1.55. The van der Waals surface area contributed by atoms with Crippen molar-refractivity contribution in [1.29, 1.82) is 0 Å². The number of rotatable bonds is 8. The highest BCUT2D eigenvalue weighted by molar-refractivity contribution is 5.73. The standard InChI is InChI=1S/C18H18O5/c19-17(22-15-7-3-1-4-8-15)11-13-21-14-12-18(20)23-16-9-5-2-6-10-16/h1-10H,11-14H2. The molecule has 5 heteroatoms. The molecule has 0 bridgehead atoms. The van der Waals surface area contributed by atoms with Crippen LogP contribution in [0.5, 0.6) is 11.5 Å². The van der Waals surface area contributed by atoms with E-state index in [1.165, 1.54) is 0 Å². The van der Waals surface area contributed by atoms with E-state index in [0.717, 1.165) is 0 Å². The van der Waals surface area contributed by atoms with Gasteiger partial charge in [-0.05, 0) is 24.3 Å². The minimum Gasteiger partial charge on any atom is -0.426 e. The molecule has 0 unspecified atom stereocenters. The van der Waals surface area contributed by atoms with E-state index in [2.05, 4.69) is 0 Å². The smallest absolute Gasteiger partial charge is 0.313 e. The topological polar surface area (TPSA) is 61.8 Å². The first-order chi connectivity index (χ1) is 11.2. The molecule has 23 heavy (non-hydrogen) atoms. The molecular weight excluding hydrogens is 296 g/mol. The lowest BCUT2D eigenvalue weighted by Crippen LogP contribution is -2.14. The van der Waals surface area contributed by atoms with E-state index in [-0.39, 0.29) is 38.0 Å². The SMILES string of the molecule is O=C(CCOCCC(=O)Oc1ccccc1)Oc1ccccc1. The number of hydrogen-bond acceptors (Lipinski definition) is 5. The number of carbonyl (C=O) groups is 2. The van der Waals surface area contributed by atoms with Crippen LogP contribution in [-0.2, 0) is 14.3 Å². The summed E-state index contributed by atoms with van der Waals surface area (Å²) in [7, 11) is 0. The van der Waals surface area contributed by atoms with Gasteiger partial charge in [-0.3, -0.25) is 9.59 Å². The van der Waals surface area contributed by atoms with Gasteiger partial charge in [0.1, 0.15) is 11.5 Å². The molecule has 2 aromatic rings. The molecule has 0 aromatic heterocycles. The average molecular weight is 314 g/mol. The molecule has 0 aliphatic heterocycles. The summed E-state index contributed by atoms with van der Waals surface area (Å²) in [4.78, 5) is 23.1. The van der Waals surface area contributed by atoms with Gasteiger partial charge in [-0.2, -0.15) is 0 Å². The van der Waals surface area contributed by atoms with Gasteiger partial charge in [0, 0.05) is 0 Å². The van der Waals surface area contributed by atoms with E-state index in [1.54, 1.807) is 48.5 Å². The summed E-state index contributed by atoms with van der Waals surface area (Å²) in [6.07, 6.45) is 0.255. The number of ether oxygens (including phenoxy) is 3. The summed E-state index contributed by atoms with van der Waals surface area (Å²) in [6, 6.07) is 17.7. The van der Waals surface area contributed by atoms with Crippen molar-refractivity contribution in [2.24, 2.45) is 0 Å². The maximum atomic E-state index is 11.6. The predicted molar refractivity (Wildman–Crippen MR) is 84.2 cm³/mol. The predicted octanol–water partition coefficient (Wildman–Crippen LogP) is 2.99. The van der Waals surface area contributed by atoms with Crippen LogP contribution >= 0.6 is 0 Å². The number of esters is 2. The maximum absolute atomic E-state index is 11.6. The summed E-state index contributed by atoms with van der Waals surface area (Å²) in [6.45, 7) is 0.397. The Bertz CT molecular complexity index is 554. The molecule has 0 fully saturated rings. The molecule has 120 valence electrons. The van der Waals surface area contributed by atoms with Crippen molar-refractivity contribution in [3.8, 4) is 11.5 Å². The summed E-state index contributed by atoms with van der Waals surface area (Å²) in [5, 5.41) is 0. The molecule has 0 saturated heterocycles. The summed E-state index contributed by atoms with van der Waals surface area (Å²) >= 11 is 0. The summed E-state index contributed by atoms with van der Waals surface area (Å²) in [5.41, 5.74) is 0. The number of para-hydroxylation sites is 2. The first-order valence-corrected chi connectivity index (χ1v) is 7.33. The van der Waals surface area contributed by atoms with Gasteiger partial charge in [0.25, 0.3) is 0 Å². The molecule has 0 atom stereocenters. The Kier molecular flexibility index (Phi) is 6.81. The molecular formula is C18H18O5. The fourth-order valence-corrected chi connectivity index (χ4v) is 1.76. The third kappa shape index (κ3) is 6.76. The van der Waals surface area contributed by atoms with Gasteiger partial charge in [0.05, 0.1) is 26.1 Å². The zero-order valence-electron chi connectivity index (χ0n) is 12.6. The van der Waals surface area contributed by atoms with Crippen LogP contribution in [0.15, 0.2) is 60.7 Å². The molecule has 0 saturated carbocycles. The highest BCUT2D eigenvalue weighted by atomic mass is 16.5. The fraction of sp³-hybridized carbons (Fsp3) is 0.222. The molecule has 0 aliphatic rings. The van der Waals surface area contributed by atoms with Crippen LogP contribution in [0.1, 0.15) is 12.8 Å². The number of carbonyl (C=O) groups excluding carboxylic acids is 2. The van der Waals surface area contributed by atoms with Crippen LogP contribution in [0.25, 0.3) is 0 Å². The largest absolute Gasteiger partial charge is 0.426 e. The third-order valence-electron chi connectivity index (χ3n) is 2.85. The molecule has 2 aromatic carbocycles. The maximum Gasteiger partial charge on any atom is 0.313 e. The Morgan fingerprint density at radius 2 is 1.04 bits per heavy atom. The van der Waals surface area contributed by atoms with Crippen molar-refractivity contribution in [3.63, 3.8) is 0 Å². The second kappa shape index (κ2) is 9.38. The first-order valence-electron chi connectivity index (χ1n) is 7.33. The number of hydrogen-bond donors (Lipinski definition) is 0. The van der Waals surface area contributed by atoms with Crippen LogP contribution in [0.3, 0.4) is 0 Å². The lowest BCUT2D eigenvalue weighted by atomic mass is 10.3. The van der Waals surface area contributed by atoms with Gasteiger partial charge in [-0.15, -0.1) is 0 Å². The van der Waals surface area contributed by atoms with Gasteiger partial charge in [-0.1, -0.05) is 36.4 Å². The van der Waals surface area contributed by atoms with Gasteiger partial charge in [0.2, 0.25) is 0 Å². The van der Waals surface area contributed by atoms with Crippen LogP contribution < -0.4 is 9.47 Å². The molecule has 0 amide bonds. The van der Waals surface area contributed by atoms with Crippen molar-refractivity contribution in [2.45, 2.75) is 12.8 Å². The van der Waals surface area contributed by atoms with Crippen molar-refractivity contribution < 1.29 is 23.8 Å². The molecule has 0 aliphatic carbocycles. The van der Waals surface area contributed by atoms with Crippen LogP contribution in [0.2, 0.25) is 0 Å². The van der Waals surface area contributed by atoms with Crippen LogP contribution in [-0.4, -0.2) is 25.2 Å². The molecule has 0 radical (unpaired) electrons. The number of benzene rings is 2. The monoisotopic (exact) mass is 314 g/mol. The molecule has 0 spiro atoms. The Morgan fingerprint density at radius 1 is 0.652 bits per heavy atom. The quantitative estimate of drug-likeness (QED) is 0.426. The highest BCUT2D eigenvalue weighted by Crippen LogP contribution is 2.10. The van der Waals surface area contributed by atoms with Gasteiger partial charge in [0.15, 0.2) is 0 Å². The van der Waals surface area contributed by atoms with Crippen molar-refractivity contribution in [3.05, 3.63) is 60.7 Å². The minimum atomic E-state index is -0.372. The highest BCUT2D eigenvalue weighted by Gasteiger charge is 2.07. The van der Waals surface area contributed by atoms with Crippen molar-refractivity contribution in [2.75, 3.05) is 13.2 Å². The lowest BCUT2D eigenvalue weighted by Gasteiger charge is -2.06. The molecule has 0 N–H and O–H groups in total. The minimum absolute atomic E-state index is 0.128. The second-order valence-electron chi connectivity index (χ2n) is 4.69. The fourth-order valence-electron chi connectivity index (χ4n) is 1.76. The van der Waals surface area contributed by atoms with Gasteiger partial charge in [-0.25, -0.2) is 0 Å². The van der Waals surface area contributed by atoms with Gasteiger partial charge >= 0.3 is 11.9 Å². The van der Waals surface area contributed by atoms with E-state index in [1.807, 2.05) is 12.1 Å². The molecule has 0 heterocycles. The Hall–Kier alpha value is -2.66. The summed E-state index contributed by atoms with van der Waals surface area (Å²) in [5.74, 6) is 0.263. The van der Waals surface area contributed by atoms with E-state index in [9.17, 15) is 9.59 Å². The van der Waals surface area contributed by atoms with Crippen molar-refractivity contribution >= 4 is 11.9 Å². The lowest BCUT2D eigenvalue weighted by molar-refractivity contribution is -0.136. The van der Waals surface area contributed by atoms with E-state index >= 15 is 0 Å². The van der Waals surface area contributed by atoms with Crippen LogP contribution in [0, 0.1) is 0 Å². The zero-order chi connectivity index (χ0) is 16.3. The van der Waals surface area contributed by atoms with Crippen molar-refractivity contribution in [1.82, 2.24) is 0 Å². The molecule has 2 rings (SSSR count). The molecule has 5 nitrogen and oxygen atoms in total. The van der Waals surface area contributed by atoms with E-state index in [0.29, 0.717) is 11.5 Å². The van der Waals surface area contributed by atoms with Crippen LogP contribution in [0.4, 0.5) is 0 Å².